The molecule has 0 bridgehead atoms. The lowest BCUT2D eigenvalue weighted by Crippen LogP contribution is -2.45. The van der Waals surface area contributed by atoms with Crippen molar-refractivity contribution in [2.24, 2.45) is 5.92 Å². The van der Waals surface area contributed by atoms with Gasteiger partial charge in [-0.25, -0.2) is 0 Å². The van der Waals surface area contributed by atoms with Crippen LogP contribution in [0.5, 0.6) is 0 Å². The minimum atomic E-state index is -0.997. The molecule has 1 aliphatic heterocycles. The van der Waals surface area contributed by atoms with Crippen LogP contribution in [0.1, 0.15) is 31.7 Å². The van der Waals surface area contributed by atoms with Gasteiger partial charge in [-0.3, -0.25) is 14.4 Å². The monoisotopic (exact) mass is 346 g/mol. The first-order valence-corrected chi connectivity index (χ1v) is 8.83. The Bertz CT molecular complexity index is 595. The number of carbonyl (C=O) groups excluding carboxylic acids is 2. The number of piperidine rings is 1. The minimum Gasteiger partial charge on any atom is -0.480 e. The number of hydrogen-bond acceptors (Lipinski definition) is 3. The summed E-state index contributed by atoms with van der Waals surface area (Å²) >= 11 is 0. The summed E-state index contributed by atoms with van der Waals surface area (Å²) in [5.74, 6) is -1.17. The molecule has 1 N–H and O–H groups in total. The van der Waals surface area contributed by atoms with Gasteiger partial charge in [-0.2, -0.15) is 0 Å². The molecular formula is C19H26N2O4. The number of likely N-dealkylation sites (N-methyl/N-ethyl adjacent to an activating group) is 1. The number of amides is 2. The standard InChI is InChI=1S/C19H26N2O4/c1-2-20(14-18(23)24)19(25)16-10-12-21(13-11-16)17(22)9-8-15-6-4-3-5-7-15/h3-7,16H,2,8-14H2,1H3,(H,23,24). The zero-order valence-corrected chi connectivity index (χ0v) is 14.7. The van der Waals surface area contributed by atoms with Crippen LogP contribution in [0, 0.1) is 5.92 Å². The van der Waals surface area contributed by atoms with E-state index in [1.54, 1.807) is 6.92 Å². The number of aliphatic carboxylic acids is 1. The summed E-state index contributed by atoms with van der Waals surface area (Å²) in [6.45, 7) is 3.04. The van der Waals surface area contributed by atoms with Crippen LogP contribution < -0.4 is 0 Å². The van der Waals surface area contributed by atoms with Gasteiger partial charge in [0.1, 0.15) is 6.54 Å². The third kappa shape index (κ3) is 5.59. The van der Waals surface area contributed by atoms with E-state index in [1.807, 2.05) is 35.2 Å². The van der Waals surface area contributed by atoms with Crippen LogP contribution in [-0.2, 0) is 20.8 Å². The maximum absolute atomic E-state index is 12.4. The maximum atomic E-state index is 12.4. The van der Waals surface area contributed by atoms with Crippen molar-refractivity contribution >= 4 is 17.8 Å². The quantitative estimate of drug-likeness (QED) is 0.816. The molecule has 1 saturated heterocycles. The number of carboxylic acids is 1. The van der Waals surface area contributed by atoms with Crippen molar-refractivity contribution in [1.82, 2.24) is 9.80 Å². The highest BCUT2D eigenvalue weighted by Crippen LogP contribution is 2.20. The number of likely N-dealkylation sites (tertiary alicyclic amines) is 1. The van der Waals surface area contributed by atoms with E-state index in [0.29, 0.717) is 38.9 Å². The lowest BCUT2D eigenvalue weighted by molar-refractivity contribution is -0.147. The normalized spacial score (nSPS) is 15.0. The van der Waals surface area contributed by atoms with Gasteiger partial charge in [0, 0.05) is 32.0 Å². The molecule has 25 heavy (non-hydrogen) atoms. The molecule has 6 nitrogen and oxygen atoms in total. The number of nitrogens with zero attached hydrogens (tertiary/aromatic N) is 2. The Morgan fingerprint density at radius 2 is 1.80 bits per heavy atom. The fourth-order valence-electron chi connectivity index (χ4n) is 3.20. The van der Waals surface area contributed by atoms with E-state index in [4.69, 9.17) is 5.11 Å². The van der Waals surface area contributed by atoms with Gasteiger partial charge in [0.25, 0.3) is 0 Å². The Morgan fingerprint density at radius 3 is 2.36 bits per heavy atom. The van der Waals surface area contributed by atoms with E-state index >= 15 is 0 Å². The SMILES string of the molecule is CCN(CC(=O)O)C(=O)C1CCN(C(=O)CCc2ccccc2)CC1. The Labute approximate surface area is 148 Å². The van der Waals surface area contributed by atoms with E-state index in [0.717, 1.165) is 12.0 Å². The zero-order valence-electron chi connectivity index (χ0n) is 14.7. The van der Waals surface area contributed by atoms with E-state index < -0.39 is 5.97 Å². The topological polar surface area (TPSA) is 77.9 Å². The molecule has 0 atom stereocenters. The second-order valence-corrected chi connectivity index (χ2v) is 6.39. The van der Waals surface area contributed by atoms with Gasteiger partial charge >= 0.3 is 5.97 Å². The number of hydrogen-bond donors (Lipinski definition) is 1. The highest BCUT2D eigenvalue weighted by Gasteiger charge is 2.30. The van der Waals surface area contributed by atoms with Gasteiger partial charge in [-0.1, -0.05) is 30.3 Å². The molecule has 0 spiro atoms. The first-order valence-electron chi connectivity index (χ1n) is 8.83. The van der Waals surface area contributed by atoms with Crippen LogP contribution in [0.3, 0.4) is 0 Å². The number of benzene rings is 1. The maximum Gasteiger partial charge on any atom is 0.323 e. The summed E-state index contributed by atoms with van der Waals surface area (Å²) in [4.78, 5) is 38.8. The van der Waals surface area contributed by atoms with Gasteiger partial charge in [0.05, 0.1) is 0 Å². The molecule has 1 aliphatic rings. The van der Waals surface area contributed by atoms with Crippen LogP contribution in [-0.4, -0.2) is 58.9 Å². The van der Waals surface area contributed by atoms with E-state index in [2.05, 4.69) is 0 Å². The van der Waals surface area contributed by atoms with Gasteiger partial charge in [0.2, 0.25) is 11.8 Å². The fraction of sp³-hybridized carbons (Fsp3) is 0.526. The summed E-state index contributed by atoms with van der Waals surface area (Å²) < 4.78 is 0. The number of carbonyl (C=O) groups is 3. The zero-order chi connectivity index (χ0) is 18.2. The molecule has 1 fully saturated rings. The fourth-order valence-corrected chi connectivity index (χ4v) is 3.20. The minimum absolute atomic E-state index is 0.110. The predicted molar refractivity (Wildman–Crippen MR) is 94.0 cm³/mol. The molecule has 1 heterocycles. The number of carboxylic acid groups (broad SMARTS) is 1. The van der Waals surface area contributed by atoms with Crippen molar-refractivity contribution in [2.45, 2.75) is 32.6 Å². The van der Waals surface area contributed by atoms with Gasteiger partial charge in [0.15, 0.2) is 0 Å². The van der Waals surface area contributed by atoms with Crippen LogP contribution in [0.4, 0.5) is 0 Å². The lowest BCUT2D eigenvalue weighted by Gasteiger charge is -2.33. The van der Waals surface area contributed by atoms with Gasteiger partial charge in [-0.05, 0) is 31.7 Å². The Morgan fingerprint density at radius 1 is 1.16 bits per heavy atom. The molecular weight excluding hydrogens is 320 g/mol. The van der Waals surface area contributed by atoms with E-state index in [9.17, 15) is 14.4 Å². The van der Waals surface area contributed by atoms with Gasteiger partial charge < -0.3 is 14.9 Å². The third-order valence-electron chi connectivity index (χ3n) is 4.69. The molecule has 0 aromatic heterocycles. The van der Waals surface area contributed by atoms with E-state index in [1.165, 1.54) is 4.90 Å². The van der Waals surface area contributed by atoms with Crippen molar-refractivity contribution in [1.29, 1.82) is 0 Å². The van der Waals surface area contributed by atoms with E-state index in [-0.39, 0.29) is 24.3 Å². The van der Waals surface area contributed by atoms with Crippen LogP contribution in [0.15, 0.2) is 30.3 Å². The first kappa shape index (κ1) is 19.0. The summed E-state index contributed by atoms with van der Waals surface area (Å²) in [5.41, 5.74) is 1.15. The number of aryl methyl sites for hydroxylation is 1. The third-order valence-corrected chi connectivity index (χ3v) is 4.69. The predicted octanol–water partition coefficient (Wildman–Crippen LogP) is 1.79. The second-order valence-electron chi connectivity index (χ2n) is 6.39. The van der Waals surface area contributed by atoms with Crippen molar-refractivity contribution in [3.63, 3.8) is 0 Å². The van der Waals surface area contributed by atoms with Crippen molar-refractivity contribution in [2.75, 3.05) is 26.2 Å². The smallest absolute Gasteiger partial charge is 0.323 e. The molecule has 2 amide bonds. The van der Waals surface area contributed by atoms with Gasteiger partial charge in [-0.15, -0.1) is 0 Å². The average Bonchev–Trinajstić information content (AvgIpc) is 2.64. The largest absolute Gasteiger partial charge is 0.480 e. The Hall–Kier alpha value is -2.37. The molecule has 1 aromatic rings. The average molecular weight is 346 g/mol. The summed E-state index contributed by atoms with van der Waals surface area (Å²) in [5, 5.41) is 8.88. The number of rotatable bonds is 7. The van der Waals surface area contributed by atoms with Crippen molar-refractivity contribution in [3.05, 3.63) is 35.9 Å². The lowest BCUT2D eigenvalue weighted by atomic mass is 9.94. The van der Waals surface area contributed by atoms with Crippen LogP contribution >= 0.6 is 0 Å². The van der Waals surface area contributed by atoms with Crippen LogP contribution in [0.2, 0.25) is 0 Å². The summed E-state index contributed by atoms with van der Waals surface area (Å²) in [6, 6.07) is 9.91. The molecule has 0 saturated carbocycles. The molecule has 0 radical (unpaired) electrons. The first-order chi connectivity index (χ1) is 12.0. The molecule has 136 valence electrons. The summed E-state index contributed by atoms with van der Waals surface area (Å²) in [6.07, 6.45) is 2.40. The Balaban J connectivity index is 1.79. The molecule has 0 aliphatic carbocycles. The molecule has 0 unspecified atom stereocenters. The second kappa shape index (κ2) is 9.20. The molecule has 1 aromatic carbocycles. The molecule has 6 heteroatoms. The highest BCUT2D eigenvalue weighted by molar-refractivity contribution is 5.83. The van der Waals surface area contributed by atoms with Crippen molar-refractivity contribution in [3.8, 4) is 0 Å². The highest BCUT2D eigenvalue weighted by atomic mass is 16.4. The molecule has 2 rings (SSSR count). The summed E-state index contributed by atoms with van der Waals surface area (Å²) in [7, 11) is 0. The van der Waals surface area contributed by atoms with Crippen molar-refractivity contribution < 1.29 is 19.5 Å². The Kier molecular flexibility index (Phi) is 6.98. The van der Waals surface area contributed by atoms with Crippen LogP contribution in [0.25, 0.3) is 0 Å².